The number of aliphatic carboxylic acids is 1. The first kappa shape index (κ1) is 13.8. The lowest BCUT2D eigenvalue weighted by atomic mass is 9.96. The third kappa shape index (κ3) is 3.03. The van der Waals surface area contributed by atoms with Crippen LogP contribution in [0.3, 0.4) is 0 Å². The van der Waals surface area contributed by atoms with E-state index in [1.54, 1.807) is 37.4 Å². The van der Waals surface area contributed by atoms with Crippen molar-refractivity contribution in [1.29, 1.82) is 0 Å². The molecule has 0 atom stereocenters. The van der Waals surface area contributed by atoms with Crippen LogP contribution in [0.25, 0.3) is 11.1 Å². The van der Waals surface area contributed by atoms with Crippen LogP contribution < -0.4 is 4.74 Å². The van der Waals surface area contributed by atoms with Gasteiger partial charge in [0.25, 0.3) is 0 Å². The number of methoxy groups -OCH3 is 1. The quantitative estimate of drug-likeness (QED) is 0.670. The number of rotatable bonds is 5. The number of Topliss-reactive ketones (excluding diaryl/α,β-unsaturated/α-hetero) is 1. The summed E-state index contributed by atoms with van der Waals surface area (Å²) in [4.78, 5) is 22.6. The Morgan fingerprint density at radius 3 is 2.30 bits per heavy atom. The molecule has 0 bridgehead atoms. The molecule has 20 heavy (non-hydrogen) atoms. The highest BCUT2D eigenvalue weighted by molar-refractivity contribution is 6.09. The largest absolute Gasteiger partial charge is 0.497 e. The summed E-state index contributed by atoms with van der Waals surface area (Å²) in [5, 5.41) is 8.74. The highest BCUT2D eigenvalue weighted by Gasteiger charge is 2.15. The Balaban J connectivity index is 2.40. The predicted octanol–water partition coefficient (Wildman–Crippen LogP) is 3.02. The fourth-order valence-corrected chi connectivity index (χ4v) is 1.98. The molecule has 0 saturated heterocycles. The minimum absolute atomic E-state index is 0.399. The third-order valence-corrected chi connectivity index (χ3v) is 2.94. The molecule has 4 heteroatoms. The fraction of sp³-hybridized carbons (Fsp3) is 0.125. The topological polar surface area (TPSA) is 63.6 Å². The van der Waals surface area contributed by atoms with Crippen molar-refractivity contribution in [2.75, 3.05) is 7.11 Å². The molecule has 0 fully saturated rings. The van der Waals surface area contributed by atoms with Crippen LogP contribution in [-0.4, -0.2) is 24.0 Å². The smallest absolute Gasteiger partial charge is 0.311 e. The molecule has 0 unspecified atom stereocenters. The zero-order valence-electron chi connectivity index (χ0n) is 11.0. The maximum absolute atomic E-state index is 12.0. The number of carboxylic acid groups (broad SMARTS) is 1. The Kier molecular flexibility index (Phi) is 4.15. The number of hydrogen-bond donors (Lipinski definition) is 1. The molecule has 0 spiro atoms. The van der Waals surface area contributed by atoms with Crippen LogP contribution in [0.5, 0.6) is 5.75 Å². The molecule has 0 aliphatic rings. The summed E-state index contributed by atoms with van der Waals surface area (Å²) >= 11 is 0. The average Bonchev–Trinajstić information content (AvgIpc) is 2.46. The van der Waals surface area contributed by atoms with Crippen molar-refractivity contribution in [3.63, 3.8) is 0 Å². The van der Waals surface area contributed by atoms with Crippen LogP contribution in [0.4, 0.5) is 0 Å². The Morgan fingerprint density at radius 2 is 1.70 bits per heavy atom. The molecule has 0 aromatic heterocycles. The monoisotopic (exact) mass is 270 g/mol. The van der Waals surface area contributed by atoms with Gasteiger partial charge in [0, 0.05) is 5.56 Å². The molecule has 0 amide bonds. The molecule has 1 N–H and O–H groups in total. The standard InChI is InChI=1S/C16H14O4/c1-20-12-8-6-11(7-9-12)13-4-2-3-5-14(13)15(17)10-16(18)19/h2-9H,10H2,1H3,(H,18,19). The van der Waals surface area contributed by atoms with Crippen LogP contribution in [0.15, 0.2) is 48.5 Å². The van der Waals surface area contributed by atoms with E-state index in [1.165, 1.54) is 0 Å². The van der Waals surface area contributed by atoms with Gasteiger partial charge in [0.2, 0.25) is 0 Å². The van der Waals surface area contributed by atoms with Crippen molar-refractivity contribution in [3.8, 4) is 16.9 Å². The lowest BCUT2D eigenvalue weighted by molar-refractivity contribution is -0.135. The molecule has 0 heterocycles. The van der Waals surface area contributed by atoms with Crippen molar-refractivity contribution < 1.29 is 19.4 Å². The van der Waals surface area contributed by atoms with E-state index >= 15 is 0 Å². The Hall–Kier alpha value is -2.62. The number of benzene rings is 2. The van der Waals surface area contributed by atoms with Crippen molar-refractivity contribution in [2.45, 2.75) is 6.42 Å². The number of ketones is 1. The van der Waals surface area contributed by atoms with Crippen molar-refractivity contribution >= 4 is 11.8 Å². The van der Waals surface area contributed by atoms with Gasteiger partial charge in [-0.25, -0.2) is 0 Å². The molecule has 0 saturated carbocycles. The van der Waals surface area contributed by atoms with Crippen molar-refractivity contribution in [1.82, 2.24) is 0 Å². The SMILES string of the molecule is COc1ccc(-c2ccccc2C(=O)CC(=O)O)cc1. The zero-order chi connectivity index (χ0) is 14.5. The summed E-state index contributed by atoms with van der Waals surface area (Å²) in [7, 11) is 1.58. The molecule has 102 valence electrons. The predicted molar refractivity (Wildman–Crippen MR) is 75.0 cm³/mol. The van der Waals surface area contributed by atoms with E-state index in [1.807, 2.05) is 18.2 Å². The number of carbonyl (C=O) groups excluding carboxylic acids is 1. The van der Waals surface area contributed by atoms with Gasteiger partial charge in [-0.2, -0.15) is 0 Å². The molecule has 2 aromatic carbocycles. The maximum Gasteiger partial charge on any atom is 0.311 e. The fourth-order valence-electron chi connectivity index (χ4n) is 1.98. The summed E-state index contributed by atoms with van der Waals surface area (Å²) in [6.45, 7) is 0. The number of carbonyl (C=O) groups is 2. The number of ether oxygens (including phenoxy) is 1. The lowest BCUT2D eigenvalue weighted by Gasteiger charge is -2.08. The zero-order valence-corrected chi connectivity index (χ0v) is 11.0. The number of carboxylic acids is 1. The van der Waals surface area contributed by atoms with Crippen LogP contribution in [0, 0.1) is 0 Å². The molecule has 2 rings (SSSR count). The van der Waals surface area contributed by atoms with E-state index in [0.29, 0.717) is 5.56 Å². The van der Waals surface area contributed by atoms with E-state index in [-0.39, 0.29) is 0 Å². The van der Waals surface area contributed by atoms with Crippen LogP contribution >= 0.6 is 0 Å². The van der Waals surface area contributed by atoms with E-state index in [9.17, 15) is 9.59 Å². The van der Waals surface area contributed by atoms with Crippen LogP contribution in [-0.2, 0) is 4.79 Å². The van der Waals surface area contributed by atoms with Crippen LogP contribution in [0.2, 0.25) is 0 Å². The third-order valence-electron chi connectivity index (χ3n) is 2.94. The van der Waals surface area contributed by atoms with Gasteiger partial charge in [0.1, 0.15) is 12.2 Å². The van der Waals surface area contributed by atoms with Gasteiger partial charge in [0.15, 0.2) is 5.78 Å². The van der Waals surface area contributed by atoms with Gasteiger partial charge in [-0.15, -0.1) is 0 Å². The molecular weight excluding hydrogens is 256 g/mol. The lowest BCUT2D eigenvalue weighted by Crippen LogP contribution is -2.08. The summed E-state index contributed by atoms with van der Waals surface area (Å²) in [6, 6.07) is 14.3. The summed E-state index contributed by atoms with van der Waals surface area (Å²) < 4.78 is 5.09. The molecule has 0 radical (unpaired) electrons. The first-order chi connectivity index (χ1) is 9.61. The highest BCUT2D eigenvalue weighted by Crippen LogP contribution is 2.26. The second kappa shape index (κ2) is 6.02. The van der Waals surface area contributed by atoms with Gasteiger partial charge in [-0.05, 0) is 23.3 Å². The maximum atomic E-state index is 12.0. The van der Waals surface area contributed by atoms with E-state index < -0.39 is 18.2 Å². The second-order valence-electron chi connectivity index (χ2n) is 4.27. The minimum atomic E-state index is -1.13. The second-order valence-corrected chi connectivity index (χ2v) is 4.27. The van der Waals surface area contributed by atoms with Gasteiger partial charge in [0.05, 0.1) is 7.11 Å². The van der Waals surface area contributed by atoms with Crippen molar-refractivity contribution in [2.24, 2.45) is 0 Å². The molecule has 2 aromatic rings. The Morgan fingerprint density at radius 1 is 1.05 bits per heavy atom. The minimum Gasteiger partial charge on any atom is -0.497 e. The van der Waals surface area contributed by atoms with E-state index in [4.69, 9.17) is 9.84 Å². The Bertz CT molecular complexity index is 629. The molecule has 4 nitrogen and oxygen atoms in total. The first-order valence-electron chi connectivity index (χ1n) is 6.10. The Labute approximate surface area is 116 Å². The van der Waals surface area contributed by atoms with Crippen LogP contribution in [0.1, 0.15) is 16.8 Å². The van der Waals surface area contributed by atoms with E-state index in [2.05, 4.69) is 0 Å². The normalized spacial score (nSPS) is 10.1. The molecule has 0 aliphatic carbocycles. The van der Waals surface area contributed by atoms with Gasteiger partial charge >= 0.3 is 5.97 Å². The average molecular weight is 270 g/mol. The van der Waals surface area contributed by atoms with E-state index in [0.717, 1.165) is 16.9 Å². The van der Waals surface area contributed by atoms with Gasteiger partial charge in [-0.3, -0.25) is 9.59 Å². The summed E-state index contributed by atoms with van der Waals surface area (Å²) in [5.41, 5.74) is 1.99. The molecule has 0 aliphatic heterocycles. The molecular formula is C16H14O4. The highest BCUT2D eigenvalue weighted by atomic mass is 16.5. The van der Waals surface area contributed by atoms with Crippen molar-refractivity contribution in [3.05, 3.63) is 54.1 Å². The van der Waals surface area contributed by atoms with Gasteiger partial charge in [-0.1, -0.05) is 36.4 Å². The number of hydrogen-bond acceptors (Lipinski definition) is 3. The summed E-state index contributed by atoms with van der Waals surface area (Å²) in [6.07, 6.45) is -0.507. The first-order valence-corrected chi connectivity index (χ1v) is 6.10. The summed E-state index contributed by atoms with van der Waals surface area (Å²) in [5.74, 6) is -0.799. The van der Waals surface area contributed by atoms with Gasteiger partial charge < -0.3 is 9.84 Å².